The Morgan fingerprint density at radius 3 is 3.12 bits per heavy atom. The second-order valence-electron chi connectivity index (χ2n) is 5.38. The van der Waals surface area contributed by atoms with Crippen LogP contribution in [0.25, 0.3) is 0 Å². The minimum absolute atomic E-state index is 0.245. The molecule has 4 rings (SSSR count). The molecule has 3 aliphatic rings. The molecule has 1 N–H and O–H groups in total. The van der Waals surface area contributed by atoms with E-state index in [1.165, 1.54) is 24.1 Å². The summed E-state index contributed by atoms with van der Waals surface area (Å²) in [5.74, 6) is 1.87. The number of amides is 1. The molecule has 1 aliphatic heterocycles. The Morgan fingerprint density at radius 1 is 1.41 bits per heavy atom. The van der Waals surface area contributed by atoms with Crippen LogP contribution in [0.15, 0.2) is 17.5 Å². The van der Waals surface area contributed by atoms with Crippen molar-refractivity contribution in [3.05, 3.63) is 22.4 Å². The van der Waals surface area contributed by atoms with Crippen LogP contribution in [0.2, 0.25) is 0 Å². The van der Waals surface area contributed by atoms with Crippen LogP contribution >= 0.6 is 11.3 Å². The van der Waals surface area contributed by atoms with Gasteiger partial charge in [-0.2, -0.15) is 0 Å². The highest BCUT2D eigenvalue weighted by Gasteiger charge is 2.61. The lowest BCUT2D eigenvalue weighted by atomic mass is 9.85. The normalized spacial score (nSPS) is 40.9. The molecule has 1 amide bonds. The first-order valence-corrected chi connectivity index (χ1v) is 7.18. The van der Waals surface area contributed by atoms with Gasteiger partial charge in [0.15, 0.2) is 6.04 Å². The predicted octanol–water partition coefficient (Wildman–Crippen LogP) is 1.64. The zero-order valence-corrected chi connectivity index (χ0v) is 10.3. The number of hydrogen-bond donors (Lipinski definition) is 1. The highest BCUT2D eigenvalue weighted by atomic mass is 32.1. The predicted molar refractivity (Wildman–Crippen MR) is 66.0 cm³/mol. The summed E-state index contributed by atoms with van der Waals surface area (Å²) in [6.45, 7) is 0. The van der Waals surface area contributed by atoms with Crippen LogP contribution in [0.1, 0.15) is 24.1 Å². The lowest BCUT2D eigenvalue weighted by Gasteiger charge is -2.16. The molecular formula is C13H15N2OS+. The Kier molecular flexibility index (Phi) is 1.98. The number of rotatable bonds is 1. The van der Waals surface area contributed by atoms with E-state index in [1.54, 1.807) is 11.3 Å². The fourth-order valence-electron chi connectivity index (χ4n) is 3.93. The van der Waals surface area contributed by atoms with Crippen LogP contribution in [0, 0.1) is 17.8 Å². The Morgan fingerprint density at radius 2 is 2.29 bits per heavy atom. The summed E-state index contributed by atoms with van der Waals surface area (Å²) in [6.07, 6.45) is 5.92. The molecule has 4 atom stereocenters. The van der Waals surface area contributed by atoms with E-state index >= 15 is 0 Å². The van der Waals surface area contributed by atoms with Gasteiger partial charge in [0.1, 0.15) is 5.92 Å². The maximum atomic E-state index is 12.0. The Balaban J connectivity index is 1.72. The highest BCUT2D eigenvalue weighted by molar-refractivity contribution is 7.11. The third kappa shape index (κ3) is 1.33. The Hall–Kier alpha value is -1.16. The maximum Gasteiger partial charge on any atom is 0.284 e. The number of nitrogens with zero attached hydrogens (tertiary/aromatic N) is 1. The van der Waals surface area contributed by atoms with Gasteiger partial charge in [-0.05, 0) is 36.6 Å². The maximum absolute atomic E-state index is 12.0. The van der Waals surface area contributed by atoms with Gasteiger partial charge in [0.05, 0.1) is 4.88 Å². The van der Waals surface area contributed by atoms with Crippen LogP contribution in [0.5, 0.6) is 0 Å². The molecule has 0 aromatic carbocycles. The molecule has 4 unspecified atom stereocenters. The molecule has 0 radical (unpaired) electrons. The SMILES string of the molecule is O=C1N/[N+](=C/c2cccs2)C2C3CCC(C3)C12. The zero-order valence-electron chi connectivity index (χ0n) is 9.50. The lowest BCUT2D eigenvalue weighted by molar-refractivity contribution is -0.598. The van der Waals surface area contributed by atoms with Crippen molar-refractivity contribution < 1.29 is 9.48 Å². The minimum Gasteiger partial charge on any atom is -0.269 e. The molecule has 2 aliphatic carbocycles. The molecule has 3 fully saturated rings. The fourth-order valence-corrected chi connectivity index (χ4v) is 4.57. The van der Waals surface area contributed by atoms with Crippen molar-refractivity contribution in [1.29, 1.82) is 0 Å². The van der Waals surface area contributed by atoms with Crippen molar-refractivity contribution in [3.63, 3.8) is 0 Å². The first-order valence-electron chi connectivity index (χ1n) is 6.30. The van der Waals surface area contributed by atoms with Crippen LogP contribution in [-0.4, -0.2) is 22.8 Å². The second kappa shape index (κ2) is 3.42. The van der Waals surface area contributed by atoms with Crippen LogP contribution < -0.4 is 5.43 Å². The molecule has 1 saturated heterocycles. The van der Waals surface area contributed by atoms with Gasteiger partial charge in [-0.3, -0.25) is 4.79 Å². The average molecular weight is 247 g/mol. The third-order valence-corrected chi connectivity index (χ3v) is 5.35. The summed E-state index contributed by atoms with van der Waals surface area (Å²) in [7, 11) is 0. The van der Waals surface area contributed by atoms with Crippen molar-refractivity contribution in [1.82, 2.24) is 5.43 Å². The molecule has 88 valence electrons. The number of fused-ring (bicyclic) bond motifs is 5. The van der Waals surface area contributed by atoms with Gasteiger partial charge in [0.2, 0.25) is 6.21 Å². The highest BCUT2D eigenvalue weighted by Crippen LogP contribution is 2.51. The number of carbonyl (C=O) groups is 1. The van der Waals surface area contributed by atoms with Crippen LogP contribution in [0.3, 0.4) is 0 Å². The number of hydrogen-bond acceptors (Lipinski definition) is 2. The summed E-state index contributed by atoms with van der Waals surface area (Å²) in [5.41, 5.74) is 3.04. The Labute approximate surface area is 104 Å². The summed E-state index contributed by atoms with van der Waals surface area (Å²) in [6, 6.07) is 4.56. The number of hydrazone groups is 1. The first-order chi connectivity index (χ1) is 8.33. The van der Waals surface area contributed by atoms with E-state index in [-0.39, 0.29) is 11.8 Å². The van der Waals surface area contributed by atoms with Crippen molar-refractivity contribution >= 4 is 23.5 Å². The van der Waals surface area contributed by atoms with Crippen molar-refractivity contribution in [3.8, 4) is 0 Å². The number of hydrazine groups is 1. The largest absolute Gasteiger partial charge is 0.284 e. The number of nitrogens with one attached hydrogen (secondary N) is 1. The number of carbonyl (C=O) groups excluding carboxylic acids is 1. The fraction of sp³-hybridized carbons (Fsp3) is 0.538. The summed E-state index contributed by atoms with van der Waals surface area (Å²) >= 11 is 1.72. The van der Waals surface area contributed by atoms with Crippen molar-refractivity contribution in [2.45, 2.75) is 25.3 Å². The first kappa shape index (κ1) is 9.83. The van der Waals surface area contributed by atoms with Gasteiger partial charge in [0, 0.05) is 5.92 Å². The molecule has 2 saturated carbocycles. The van der Waals surface area contributed by atoms with E-state index < -0.39 is 0 Å². The molecule has 0 spiro atoms. The van der Waals surface area contributed by atoms with Gasteiger partial charge < -0.3 is 0 Å². The van der Waals surface area contributed by atoms with Gasteiger partial charge in [-0.15, -0.1) is 21.4 Å². The van der Waals surface area contributed by atoms with E-state index in [1.807, 2.05) is 6.07 Å². The topological polar surface area (TPSA) is 32.1 Å². The van der Waals surface area contributed by atoms with Crippen molar-refractivity contribution in [2.75, 3.05) is 0 Å². The molecule has 1 aromatic rings. The zero-order chi connectivity index (χ0) is 11.4. The molecular weight excluding hydrogens is 232 g/mol. The lowest BCUT2D eigenvalue weighted by Crippen LogP contribution is -2.34. The van der Waals surface area contributed by atoms with Gasteiger partial charge >= 0.3 is 0 Å². The minimum atomic E-state index is 0.245. The Bertz CT molecular complexity index is 494. The van der Waals surface area contributed by atoms with E-state index in [0.717, 1.165) is 5.92 Å². The molecule has 17 heavy (non-hydrogen) atoms. The van der Waals surface area contributed by atoms with Gasteiger partial charge in [0.25, 0.3) is 5.91 Å². The third-order valence-electron chi connectivity index (χ3n) is 4.55. The van der Waals surface area contributed by atoms with Gasteiger partial charge in [-0.1, -0.05) is 6.07 Å². The van der Waals surface area contributed by atoms with E-state index in [4.69, 9.17) is 0 Å². The van der Waals surface area contributed by atoms with E-state index in [0.29, 0.717) is 12.0 Å². The quantitative estimate of drug-likeness (QED) is 0.752. The van der Waals surface area contributed by atoms with Crippen molar-refractivity contribution in [2.24, 2.45) is 17.8 Å². The van der Waals surface area contributed by atoms with E-state index in [2.05, 4.69) is 27.8 Å². The standard InChI is InChI=1S/C13H14N2OS/c16-13-11-8-3-4-9(6-8)12(11)15(14-13)7-10-2-1-5-17-10/h1-2,5,7-9,11-12H,3-4,6H2/p+1/b15-7+. The molecule has 2 heterocycles. The molecule has 3 nitrogen and oxygen atoms in total. The summed E-state index contributed by atoms with van der Waals surface area (Å²) < 4.78 is 2.09. The van der Waals surface area contributed by atoms with E-state index in [9.17, 15) is 4.79 Å². The second-order valence-corrected chi connectivity index (χ2v) is 6.36. The summed E-state index contributed by atoms with van der Waals surface area (Å²) in [5, 5.41) is 2.07. The van der Waals surface area contributed by atoms with Crippen LogP contribution in [-0.2, 0) is 4.79 Å². The van der Waals surface area contributed by atoms with Crippen LogP contribution in [0.4, 0.5) is 0 Å². The van der Waals surface area contributed by atoms with Gasteiger partial charge in [-0.25, -0.2) is 0 Å². The monoisotopic (exact) mass is 247 g/mol. The molecule has 2 bridgehead atoms. The average Bonchev–Trinajstić information content (AvgIpc) is 3.04. The molecule has 4 heteroatoms. The smallest absolute Gasteiger partial charge is 0.269 e. The molecule has 1 aromatic heterocycles. The number of thiophene rings is 1. The summed E-state index contributed by atoms with van der Waals surface area (Å²) in [4.78, 5) is 13.2.